The molecule has 7 nitrogen and oxygen atoms in total. The van der Waals surface area contributed by atoms with Gasteiger partial charge in [0.05, 0.1) is 9.79 Å². The molecular weight excluding hydrogens is 350 g/mol. The van der Waals surface area contributed by atoms with E-state index < -0.39 is 20.0 Å². The first-order valence-corrected chi connectivity index (χ1v) is 11.0. The van der Waals surface area contributed by atoms with Crippen molar-refractivity contribution in [1.82, 2.24) is 14.3 Å². The third-order valence-electron chi connectivity index (χ3n) is 4.30. The Hall–Kier alpha value is -1.00. The quantitative estimate of drug-likeness (QED) is 0.728. The third-order valence-corrected chi connectivity index (χ3v) is 7.64. The lowest BCUT2D eigenvalue weighted by Crippen LogP contribution is -2.40. The summed E-state index contributed by atoms with van der Waals surface area (Å²) in [5.74, 6) is 0.500. The van der Waals surface area contributed by atoms with Gasteiger partial charge in [0, 0.05) is 13.1 Å². The molecule has 24 heavy (non-hydrogen) atoms. The molecular formula is C15H25N3O4S2. The van der Waals surface area contributed by atoms with Crippen LogP contribution >= 0.6 is 0 Å². The summed E-state index contributed by atoms with van der Waals surface area (Å²) in [6.45, 7) is 4.88. The van der Waals surface area contributed by atoms with E-state index in [-0.39, 0.29) is 9.79 Å². The van der Waals surface area contributed by atoms with Gasteiger partial charge in [-0.15, -0.1) is 0 Å². The zero-order chi connectivity index (χ0) is 17.8. The van der Waals surface area contributed by atoms with Crippen LogP contribution < -0.4 is 10.0 Å². The molecule has 136 valence electrons. The van der Waals surface area contributed by atoms with Crippen molar-refractivity contribution in [3.05, 3.63) is 24.3 Å². The van der Waals surface area contributed by atoms with Crippen molar-refractivity contribution >= 4 is 20.0 Å². The van der Waals surface area contributed by atoms with Crippen LogP contribution in [0.5, 0.6) is 0 Å². The zero-order valence-corrected chi connectivity index (χ0v) is 15.7. The van der Waals surface area contributed by atoms with Crippen LogP contribution in [0.1, 0.15) is 19.8 Å². The van der Waals surface area contributed by atoms with E-state index in [2.05, 4.69) is 17.0 Å². The van der Waals surface area contributed by atoms with Crippen molar-refractivity contribution in [3.8, 4) is 0 Å². The summed E-state index contributed by atoms with van der Waals surface area (Å²) in [5, 5.41) is 3.30. The molecule has 0 saturated carbocycles. The second kappa shape index (κ2) is 7.92. The first-order valence-electron chi connectivity index (χ1n) is 8.05. The number of piperidine rings is 1. The van der Waals surface area contributed by atoms with Crippen LogP contribution in [0.2, 0.25) is 0 Å². The molecule has 1 heterocycles. The molecule has 1 saturated heterocycles. The normalized spacial score (nSPS) is 17.9. The van der Waals surface area contributed by atoms with Crippen molar-refractivity contribution in [2.75, 3.05) is 33.2 Å². The Morgan fingerprint density at radius 1 is 1.04 bits per heavy atom. The minimum atomic E-state index is -3.58. The second-order valence-electron chi connectivity index (χ2n) is 5.83. The standard InChI is InChI=1S/C15H25N3O4S2/c1-3-17-12-13-8-10-18(11-9-13)24(21,22)15-6-4-14(5-7-15)23(19,20)16-2/h4-7,13,16-17H,3,8-12H2,1-2H3. The third kappa shape index (κ3) is 4.34. The number of hydrogen-bond acceptors (Lipinski definition) is 5. The van der Waals surface area contributed by atoms with Gasteiger partial charge in [0.15, 0.2) is 0 Å². The number of sulfonamides is 2. The summed E-state index contributed by atoms with van der Waals surface area (Å²) in [4.78, 5) is 0.177. The summed E-state index contributed by atoms with van der Waals surface area (Å²) in [7, 11) is -5.83. The summed E-state index contributed by atoms with van der Waals surface area (Å²) in [6.07, 6.45) is 1.66. The fraction of sp³-hybridized carbons (Fsp3) is 0.600. The van der Waals surface area contributed by atoms with Crippen molar-refractivity contribution in [2.24, 2.45) is 5.92 Å². The largest absolute Gasteiger partial charge is 0.317 e. The first-order chi connectivity index (χ1) is 11.3. The van der Waals surface area contributed by atoms with Crippen LogP contribution in [0.15, 0.2) is 34.1 Å². The lowest BCUT2D eigenvalue weighted by molar-refractivity contribution is 0.268. The molecule has 1 aromatic carbocycles. The Kier molecular flexibility index (Phi) is 6.38. The lowest BCUT2D eigenvalue weighted by atomic mass is 9.98. The summed E-state index contributed by atoms with van der Waals surface area (Å²) >= 11 is 0. The second-order valence-corrected chi connectivity index (χ2v) is 9.66. The van der Waals surface area contributed by atoms with E-state index in [4.69, 9.17) is 0 Å². The summed E-state index contributed by atoms with van der Waals surface area (Å²) in [5.41, 5.74) is 0. The molecule has 1 aromatic rings. The molecule has 0 radical (unpaired) electrons. The summed E-state index contributed by atoms with van der Waals surface area (Å²) < 4.78 is 52.5. The highest BCUT2D eigenvalue weighted by Crippen LogP contribution is 2.24. The zero-order valence-electron chi connectivity index (χ0n) is 14.0. The van der Waals surface area contributed by atoms with Crippen molar-refractivity contribution in [3.63, 3.8) is 0 Å². The smallest absolute Gasteiger partial charge is 0.243 e. The molecule has 0 aromatic heterocycles. The van der Waals surface area contributed by atoms with E-state index in [9.17, 15) is 16.8 Å². The van der Waals surface area contributed by atoms with Crippen LogP contribution in [0.25, 0.3) is 0 Å². The van der Waals surface area contributed by atoms with E-state index in [0.29, 0.717) is 19.0 Å². The monoisotopic (exact) mass is 375 g/mol. The molecule has 0 spiro atoms. The van der Waals surface area contributed by atoms with Gasteiger partial charge in [-0.1, -0.05) is 6.92 Å². The van der Waals surface area contributed by atoms with Crippen LogP contribution in [0, 0.1) is 5.92 Å². The van der Waals surface area contributed by atoms with Crippen molar-refractivity contribution in [2.45, 2.75) is 29.6 Å². The van der Waals surface area contributed by atoms with Gasteiger partial charge >= 0.3 is 0 Å². The lowest BCUT2D eigenvalue weighted by Gasteiger charge is -2.31. The van der Waals surface area contributed by atoms with E-state index in [1.165, 1.54) is 35.6 Å². The van der Waals surface area contributed by atoms with Crippen LogP contribution in [0.4, 0.5) is 0 Å². The topological polar surface area (TPSA) is 95.6 Å². The Labute approximate surface area is 144 Å². The predicted octanol–water partition coefficient (Wildman–Crippen LogP) is 0.605. The van der Waals surface area contributed by atoms with Gasteiger partial charge in [-0.3, -0.25) is 0 Å². The van der Waals surface area contributed by atoms with Gasteiger partial charge in [-0.25, -0.2) is 21.6 Å². The highest BCUT2D eigenvalue weighted by molar-refractivity contribution is 7.89. The highest BCUT2D eigenvalue weighted by Gasteiger charge is 2.29. The van der Waals surface area contributed by atoms with Gasteiger partial charge in [0.25, 0.3) is 0 Å². The van der Waals surface area contributed by atoms with Gasteiger partial charge in [-0.05, 0) is 63.2 Å². The Balaban J connectivity index is 2.09. The van der Waals surface area contributed by atoms with Crippen LogP contribution in [-0.4, -0.2) is 54.4 Å². The van der Waals surface area contributed by atoms with Crippen molar-refractivity contribution in [1.29, 1.82) is 0 Å². The fourth-order valence-electron chi connectivity index (χ4n) is 2.76. The highest BCUT2D eigenvalue weighted by atomic mass is 32.2. The maximum absolute atomic E-state index is 12.7. The molecule has 0 bridgehead atoms. The maximum Gasteiger partial charge on any atom is 0.243 e. The first kappa shape index (κ1) is 19.3. The minimum Gasteiger partial charge on any atom is -0.317 e. The molecule has 1 aliphatic rings. The Morgan fingerprint density at radius 2 is 1.58 bits per heavy atom. The average molecular weight is 376 g/mol. The molecule has 0 atom stereocenters. The Morgan fingerprint density at radius 3 is 2.08 bits per heavy atom. The van der Waals surface area contributed by atoms with E-state index in [1.54, 1.807) is 0 Å². The van der Waals surface area contributed by atoms with E-state index in [1.807, 2.05) is 0 Å². The van der Waals surface area contributed by atoms with Crippen LogP contribution in [0.3, 0.4) is 0 Å². The molecule has 0 unspecified atom stereocenters. The number of nitrogens with one attached hydrogen (secondary N) is 2. The van der Waals surface area contributed by atoms with Gasteiger partial charge < -0.3 is 5.32 Å². The van der Waals surface area contributed by atoms with E-state index in [0.717, 1.165) is 25.9 Å². The molecule has 2 N–H and O–H groups in total. The molecule has 9 heteroatoms. The van der Waals surface area contributed by atoms with Gasteiger partial charge in [0.2, 0.25) is 20.0 Å². The number of benzene rings is 1. The van der Waals surface area contributed by atoms with E-state index >= 15 is 0 Å². The number of nitrogens with zero attached hydrogens (tertiary/aromatic N) is 1. The van der Waals surface area contributed by atoms with Gasteiger partial charge in [-0.2, -0.15) is 4.31 Å². The molecule has 0 amide bonds. The molecule has 1 aliphatic heterocycles. The maximum atomic E-state index is 12.7. The van der Waals surface area contributed by atoms with Crippen molar-refractivity contribution < 1.29 is 16.8 Å². The Bertz CT molecular complexity index is 737. The molecule has 2 rings (SSSR count). The number of hydrogen-bond donors (Lipinski definition) is 2. The fourth-order valence-corrected chi connectivity index (χ4v) is 4.96. The predicted molar refractivity (Wildman–Crippen MR) is 92.7 cm³/mol. The average Bonchev–Trinajstić information content (AvgIpc) is 2.60. The summed E-state index contributed by atoms with van der Waals surface area (Å²) in [6, 6.07) is 5.34. The molecule has 0 aliphatic carbocycles. The van der Waals surface area contributed by atoms with Crippen LogP contribution in [-0.2, 0) is 20.0 Å². The SMILES string of the molecule is CCNCC1CCN(S(=O)(=O)c2ccc(S(=O)(=O)NC)cc2)CC1. The van der Waals surface area contributed by atoms with Gasteiger partial charge in [0.1, 0.15) is 0 Å². The minimum absolute atomic E-state index is 0.0494. The number of rotatable bonds is 7. The molecule has 1 fully saturated rings.